The molecule has 1 amide bonds. The van der Waals surface area contributed by atoms with Gasteiger partial charge in [0, 0.05) is 6.54 Å². The average molecular weight is 433 g/mol. The first kappa shape index (κ1) is 21.7. The molecule has 0 bridgehead atoms. The Hall–Kier alpha value is -2.98. The van der Waals surface area contributed by atoms with Gasteiger partial charge in [0.1, 0.15) is 0 Å². The first-order valence-electron chi connectivity index (χ1n) is 9.47. The molecule has 1 heterocycles. The second-order valence-corrected chi connectivity index (χ2v) is 9.25. The van der Waals surface area contributed by atoms with Gasteiger partial charge in [0.15, 0.2) is 0 Å². The summed E-state index contributed by atoms with van der Waals surface area (Å²) in [6, 6.07) is 4.31. The van der Waals surface area contributed by atoms with Gasteiger partial charge in [0.25, 0.3) is 5.56 Å². The van der Waals surface area contributed by atoms with Crippen molar-refractivity contribution >= 4 is 26.8 Å². The fourth-order valence-electron chi connectivity index (χ4n) is 2.99. The Labute approximate surface area is 173 Å². The topological polar surface area (TPSA) is 144 Å². The van der Waals surface area contributed by atoms with E-state index in [2.05, 4.69) is 28.6 Å². The first-order chi connectivity index (χ1) is 14.1. The van der Waals surface area contributed by atoms with E-state index >= 15 is 0 Å². The van der Waals surface area contributed by atoms with E-state index < -0.39 is 32.7 Å². The average Bonchev–Trinajstić information content (AvgIpc) is 3.62. The number of sulfonamides is 1. The van der Waals surface area contributed by atoms with Gasteiger partial charge in [-0.25, -0.2) is 17.9 Å². The zero-order chi connectivity index (χ0) is 22.1. The van der Waals surface area contributed by atoms with Crippen molar-refractivity contribution in [3.05, 3.63) is 64.3 Å². The van der Waals surface area contributed by atoms with E-state index in [1.54, 1.807) is 6.08 Å². The number of primary amides is 1. The number of aromatic amines is 1. The summed E-state index contributed by atoms with van der Waals surface area (Å²) < 4.78 is 29.4. The van der Waals surface area contributed by atoms with Crippen LogP contribution in [0.15, 0.2) is 58.0 Å². The molecule has 0 unspecified atom stereocenters. The van der Waals surface area contributed by atoms with Crippen molar-refractivity contribution in [2.45, 2.75) is 42.7 Å². The maximum Gasteiger partial charge on any atom is 0.328 e. The predicted octanol–water partition coefficient (Wildman–Crippen LogP) is 0.754. The minimum absolute atomic E-state index is 0.00949. The number of nitrogens with zero attached hydrogens (tertiary/aromatic N) is 1. The Bertz CT molecular complexity index is 1230. The molecule has 1 aromatic heterocycles. The van der Waals surface area contributed by atoms with Crippen LogP contribution < -0.4 is 21.7 Å². The number of nitrogens with one attached hydrogen (secondary N) is 2. The lowest BCUT2D eigenvalue weighted by molar-refractivity contribution is -0.113. The lowest BCUT2D eigenvalue weighted by Gasteiger charge is -2.14. The SMILES string of the molecule is C=CC(N)=O.C=CC1(NS(=O)(=O)c2ccc3c(c2)c(=O)[nH]c(=O)n3CC2CC2)CC1. The molecule has 2 saturated carbocycles. The van der Waals surface area contributed by atoms with E-state index in [4.69, 9.17) is 0 Å². The number of benzene rings is 1. The molecule has 4 N–H and O–H groups in total. The molecule has 0 saturated heterocycles. The molecule has 2 fully saturated rings. The van der Waals surface area contributed by atoms with Gasteiger partial charge in [-0.1, -0.05) is 12.7 Å². The molecule has 1 aromatic carbocycles. The molecule has 160 valence electrons. The zero-order valence-corrected chi connectivity index (χ0v) is 17.2. The van der Waals surface area contributed by atoms with Gasteiger partial charge in [0.2, 0.25) is 15.9 Å². The summed E-state index contributed by atoms with van der Waals surface area (Å²) in [4.78, 5) is 36.1. The van der Waals surface area contributed by atoms with E-state index in [1.807, 2.05) is 0 Å². The summed E-state index contributed by atoms with van der Waals surface area (Å²) in [5.41, 5.74) is 3.39. The van der Waals surface area contributed by atoms with E-state index in [1.165, 1.54) is 22.8 Å². The van der Waals surface area contributed by atoms with E-state index in [0.717, 1.165) is 18.9 Å². The van der Waals surface area contributed by atoms with Crippen molar-refractivity contribution in [2.24, 2.45) is 11.7 Å². The van der Waals surface area contributed by atoms with Crippen LogP contribution in [-0.2, 0) is 21.4 Å². The Morgan fingerprint density at radius 3 is 2.43 bits per heavy atom. The lowest BCUT2D eigenvalue weighted by atomic mass is 10.2. The molecule has 9 nitrogen and oxygen atoms in total. The number of amides is 1. The Balaban J connectivity index is 0.000000461. The number of nitrogens with two attached hydrogens (primary N) is 1. The minimum Gasteiger partial charge on any atom is -0.366 e. The van der Waals surface area contributed by atoms with Crippen molar-refractivity contribution in [2.75, 3.05) is 0 Å². The van der Waals surface area contributed by atoms with Crippen LogP contribution in [0.25, 0.3) is 10.9 Å². The highest BCUT2D eigenvalue weighted by Gasteiger charge is 2.43. The van der Waals surface area contributed by atoms with E-state index in [-0.39, 0.29) is 10.3 Å². The number of fused-ring (bicyclic) bond motifs is 1. The third kappa shape index (κ3) is 4.77. The van der Waals surface area contributed by atoms with Crippen molar-refractivity contribution in [1.29, 1.82) is 0 Å². The summed E-state index contributed by atoms with van der Waals surface area (Å²) in [7, 11) is -3.77. The van der Waals surface area contributed by atoms with Gasteiger partial charge in [-0.3, -0.25) is 19.1 Å². The second kappa shape index (κ2) is 8.04. The molecule has 2 aliphatic rings. The Morgan fingerprint density at radius 1 is 1.30 bits per heavy atom. The van der Waals surface area contributed by atoms with Crippen LogP contribution in [0.3, 0.4) is 0 Å². The standard InChI is InChI=1S/C17H19N3O4S.C3H5NO/c1-2-17(7-8-17)19-25(23,24)12-5-6-14-13(9-12)15(21)18-16(22)20(14)10-11-3-4-11;1-2-3(4)5/h2,5-6,9,11,19H,1,3-4,7-8,10H2,(H,18,21,22);2H,1H2,(H2,4,5). The molecule has 0 spiro atoms. The summed E-state index contributed by atoms with van der Waals surface area (Å²) in [6.45, 7) is 7.29. The van der Waals surface area contributed by atoms with Crippen LogP contribution >= 0.6 is 0 Å². The zero-order valence-electron chi connectivity index (χ0n) is 16.4. The second-order valence-electron chi connectivity index (χ2n) is 7.56. The summed E-state index contributed by atoms with van der Waals surface area (Å²) in [6.07, 6.45) is 6.21. The fourth-order valence-corrected chi connectivity index (χ4v) is 4.45. The van der Waals surface area contributed by atoms with Gasteiger partial charge in [-0.05, 0) is 55.9 Å². The van der Waals surface area contributed by atoms with Crippen molar-refractivity contribution in [3.8, 4) is 0 Å². The van der Waals surface area contributed by atoms with Crippen LogP contribution in [-0.4, -0.2) is 29.4 Å². The summed E-state index contributed by atoms with van der Waals surface area (Å²) in [5.74, 6) is -0.0378. The van der Waals surface area contributed by atoms with Crippen LogP contribution in [0.2, 0.25) is 0 Å². The van der Waals surface area contributed by atoms with Crippen LogP contribution in [0, 0.1) is 5.92 Å². The fraction of sp³-hybridized carbons (Fsp3) is 0.350. The molecular formula is C20H24N4O5S. The molecule has 30 heavy (non-hydrogen) atoms. The third-order valence-electron chi connectivity index (χ3n) is 5.14. The highest BCUT2D eigenvalue weighted by Crippen LogP contribution is 2.38. The molecule has 0 aliphatic heterocycles. The maximum absolute atomic E-state index is 12.6. The van der Waals surface area contributed by atoms with Gasteiger partial charge in [-0.2, -0.15) is 0 Å². The largest absolute Gasteiger partial charge is 0.366 e. The molecule has 2 aliphatic carbocycles. The van der Waals surface area contributed by atoms with Crippen molar-refractivity contribution in [1.82, 2.24) is 14.3 Å². The molecule has 4 rings (SSSR count). The Kier molecular flexibility index (Phi) is 5.82. The third-order valence-corrected chi connectivity index (χ3v) is 6.69. The van der Waals surface area contributed by atoms with Crippen LogP contribution in [0.5, 0.6) is 0 Å². The number of hydrogen-bond acceptors (Lipinski definition) is 5. The van der Waals surface area contributed by atoms with E-state index in [0.29, 0.717) is 30.8 Å². The van der Waals surface area contributed by atoms with Crippen LogP contribution in [0.4, 0.5) is 0 Å². The van der Waals surface area contributed by atoms with Gasteiger partial charge < -0.3 is 5.73 Å². The quantitative estimate of drug-likeness (QED) is 0.437. The van der Waals surface area contributed by atoms with Gasteiger partial charge in [-0.15, -0.1) is 6.58 Å². The Morgan fingerprint density at radius 2 is 1.93 bits per heavy atom. The summed E-state index contributed by atoms with van der Waals surface area (Å²) in [5, 5.41) is 0.201. The number of carbonyl (C=O) groups is 1. The van der Waals surface area contributed by atoms with Gasteiger partial charge in [0.05, 0.1) is 21.3 Å². The lowest BCUT2D eigenvalue weighted by Crippen LogP contribution is -2.35. The number of H-pyrrole nitrogens is 1. The molecule has 0 atom stereocenters. The highest BCUT2D eigenvalue weighted by atomic mass is 32.2. The normalized spacial score (nSPS) is 16.9. The highest BCUT2D eigenvalue weighted by molar-refractivity contribution is 7.89. The number of hydrogen-bond donors (Lipinski definition) is 3. The maximum atomic E-state index is 12.6. The number of carbonyl (C=O) groups excluding carboxylic acids is 1. The smallest absolute Gasteiger partial charge is 0.328 e. The van der Waals surface area contributed by atoms with Crippen molar-refractivity contribution in [3.63, 3.8) is 0 Å². The molecule has 10 heteroatoms. The van der Waals surface area contributed by atoms with E-state index in [9.17, 15) is 22.8 Å². The van der Waals surface area contributed by atoms with Crippen molar-refractivity contribution < 1.29 is 13.2 Å². The predicted molar refractivity (Wildman–Crippen MR) is 113 cm³/mol. The monoisotopic (exact) mass is 432 g/mol. The molecular weight excluding hydrogens is 408 g/mol. The molecule has 2 aromatic rings. The first-order valence-corrected chi connectivity index (χ1v) is 11.0. The number of aromatic nitrogens is 2. The van der Waals surface area contributed by atoms with Gasteiger partial charge >= 0.3 is 5.69 Å². The molecule has 0 radical (unpaired) electrons. The number of rotatable bonds is 7. The minimum atomic E-state index is -3.77. The van der Waals surface area contributed by atoms with Crippen LogP contribution in [0.1, 0.15) is 25.7 Å². The summed E-state index contributed by atoms with van der Waals surface area (Å²) >= 11 is 0.